The molecule has 0 unspecified atom stereocenters. The molecule has 2 rings (SSSR count). The number of benzene rings is 1. The Morgan fingerprint density at radius 2 is 2.06 bits per heavy atom. The van der Waals surface area contributed by atoms with E-state index in [1.54, 1.807) is 0 Å². The lowest BCUT2D eigenvalue weighted by molar-refractivity contribution is 0.694. The average Bonchev–Trinajstić information content (AvgIpc) is 2.43. The van der Waals surface area contributed by atoms with Gasteiger partial charge in [-0.15, -0.1) is 0 Å². The summed E-state index contributed by atoms with van der Waals surface area (Å²) < 4.78 is 0. The van der Waals surface area contributed by atoms with Crippen molar-refractivity contribution < 1.29 is 0 Å². The van der Waals surface area contributed by atoms with Crippen molar-refractivity contribution in [2.75, 3.05) is 31.6 Å². The van der Waals surface area contributed by atoms with E-state index in [1.807, 2.05) is 37.5 Å². The second kappa shape index (κ2) is 6.31. The number of hydrogen-bond donors (Lipinski definition) is 1. The maximum atomic E-state index is 4.63. The Morgan fingerprint density at radius 3 is 2.83 bits per heavy atom. The summed E-state index contributed by atoms with van der Waals surface area (Å²) in [6, 6.07) is 8.09. The van der Waals surface area contributed by atoms with E-state index < -0.39 is 0 Å². The van der Waals surface area contributed by atoms with E-state index in [2.05, 4.69) is 27.1 Å². The standard InChI is InChI=1S/C14H20N4/c1-3-9-18(10-8-15-2)14-16-11-12-6-4-5-7-13(12)17-14/h4-7,11,15H,3,8-10H2,1-2H3. The van der Waals surface area contributed by atoms with Crippen LogP contribution in [-0.4, -0.2) is 36.6 Å². The predicted molar refractivity (Wildman–Crippen MR) is 76.0 cm³/mol. The molecule has 4 heteroatoms. The molecule has 0 bridgehead atoms. The smallest absolute Gasteiger partial charge is 0.225 e. The molecule has 0 aliphatic rings. The summed E-state index contributed by atoms with van der Waals surface area (Å²) in [6.07, 6.45) is 3.00. The Bertz CT molecular complexity index is 498. The Kier molecular flexibility index (Phi) is 4.47. The minimum absolute atomic E-state index is 0.825. The van der Waals surface area contributed by atoms with Crippen molar-refractivity contribution >= 4 is 16.9 Å². The molecule has 0 amide bonds. The Balaban J connectivity index is 2.25. The third-order valence-electron chi connectivity index (χ3n) is 2.88. The molecule has 0 fully saturated rings. The van der Waals surface area contributed by atoms with Gasteiger partial charge in [0.2, 0.25) is 5.95 Å². The van der Waals surface area contributed by atoms with Crippen molar-refractivity contribution in [3.8, 4) is 0 Å². The second-order valence-electron chi connectivity index (χ2n) is 4.32. The number of nitrogens with one attached hydrogen (secondary N) is 1. The fourth-order valence-electron chi connectivity index (χ4n) is 1.94. The largest absolute Gasteiger partial charge is 0.340 e. The first-order valence-corrected chi connectivity index (χ1v) is 6.46. The Labute approximate surface area is 108 Å². The van der Waals surface area contributed by atoms with Gasteiger partial charge in [-0.3, -0.25) is 0 Å². The van der Waals surface area contributed by atoms with Gasteiger partial charge in [-0.1, -0.05) is 25.1 Å². The van der Waals surface area contributed by atoms with Crippen LogP contribution in [0.3, 0.4) is 0 Å². The summed E-state index contributed by atoms with van der Waals surface area (Å²) >= 11 is 0. The lowest BCUT2D eigenvalue weighted by Gasteiger charge is -2.21. The summed E-state index contributed by atoms with van der Waals surface area (Å²) in [5.74, 6) is 0.825. The molecule has 0 radical (unpaired) electrons. The van der Waals surface area contributed by atoms with Crippen molar-refractivity contribution in [2.24, 2.45) is 0 Å². The molecule has 1 heterocycles. The van der Waals surface area contributed by atoms with Crippen LogP contribution in [-0.2, 0) is 0 Å². The zero-order valence-corrected chi connectivity index (χ0v) is 11.1. The molecule has 0 aliphatic heterocycles. The van der Waals surface area contributed by atoms with Gasteiger partial charge in [0.15, 0.2) is 0 Å². The summed E-state index contributed by atoms with van der Waals surface area (Å²) in [4.78, 5) is 11.3. The van der Waals surface area contributed by atoms with Gasteiger partial charge in [0, 0.05) is 31.2 Å². The monoisotopic (exact) mass is 244 g/mol. The first kappa shape index (κ1) is 12.8. The van der Waals surface area contributed by atoms with Crippen LogP contribution in [0.25, 0.3) is 10.9 Å². The first-order chi connectivity index (χ1) is 8.85. The first-order valence-electron chi connectivity index (χ1n) is 6.46. The molecule has 1 aromatic carbocycles. The van der Waals surface area contributed by atoms with Gasteiger partial charge < -0.3 is 10.2 Å². The van der Waals surface area contributed by atoms with Crippen LogP contribution in [0.15, 0.2) is 30.5 Å². The molecule has 0 saturated heterocycles. The minimum atomic E-state index is 0.825. The van der Waals surface area contributed by atoms with E-state index in [0.29, 0.717) is 0 Å². The van der Waals surface area contributed by atoms with Gasteiger partial charge in [0.1, 0.15) is 0 Å². The number of rotatable bonds is 6. The van der Waals surface area contributed by atoms with Crippen LogP contribution in [0.5, 0.6) is 0 Å². The highest BCUT2D eigenvalue weighted by Gasteiger charge is 2.08. The van der Waals surface area contributed by atoms with Crippen LogP contribution >= 0.6 is 0 Å². The van der Waals surface area contributed by atoms with Crippen LogP contribution < -0.4 is 10.2 Å². The number of fused-ring (bicyclic) bond motifs is 1. The highest BCUT2D eigenvalue weighted by Crippen LogP contribution is 2.14. The average molecular weight is 244 g/mol. The molecule has 96 valence electrons. The van der Waals surface area contributed by atoms with Crippen molar-refractivity contribution in [3.05, 3.63) is 30.5 Å². The molecule has 0 aliphatic carbocycles. The molecule has 4 nitrogen and oxygen atoms in total. The lowest BCUT2D eigenvalue weighted by atomic mass is 10.2. The molecule has 18 heavy (non-hydrogen) atoms. The summed E-state index contributed by atoms with van der Waals surface area (Å²) in [6.45, 7) is 5.03. The maximum Gasteiger partial charge on any atom is 0.225 e. The van der Waals surface area contributed by atoms with Gasteiger partial charge >= 0.3 is 0 Å². The van der Waals surface area contributed by atoms with Gasteiger partial charge in [-0.05, 0) is 19.5 Å². The van der Waals surface area contributed by atoms with Gasteiger partial charge in [0.25, 0.3) is 0 Å². The molecule has 0 spiro atoms. The number of hydrogen-bond acceptors (Lipinski definition) is 4. The quantitative estimate of drug-likeness (QED) is 0.844. The van der Waals surface area contributed by atoms with Gasteiger partial charge in [-0.25, -0.2) is 9.97 Å². The van der Waals surface area contributed by atoms with E-state index >= 15 is 0 Å². The Hall–Kier alpha value is -1.68. The third kappa shape index (κ3) is 2.96. The van der Waals surface area contributed by atoms with E-state index in [0.717, 1.165) is 42.9 Å². The third-order valence-corrected chi connectivity index (χ3v) is 2.88. The van der Waals surface area contributed by atoms with Crippen molar-refractivity contribution in [1.29, 1.82) is 0 Å². The molecule has 2 aromatic rings. The highest BCUT2D eigenvalue weighted by molar-refractivity contribution is 5.78. The SMILES string of the molecule is CCCN(CCNC)c1ncc2ccccc2n1. The van der Waals surface area contributed by atoms with Gasteiger partial charge in [0.05, 0.1) is 5.52 Å². The number of anilines is 1. The van der Waals surface area contributed by atoms with Crippen LogP contribution in [0.1, 0.15) is 13.3 Å². The fraction of sp³-hybridized carbons (Fsp3) is 0.429. The maximum absolute atomic E-state index is 4.63. The molecular weight excluding hydrogens is 224 g/mol. The van der Waals surface area contributed by atoms with E-state index in [9.17, 15) is 0 Å². The molecule has 0 saturated carbocycles. The second-order valence-corrected chi connectivity index (χ2v) is 4.32. The van der Waals surface area contributed by atoms with Gasteiger partial charge in [-0.2, -0.15) is 0 Å². The number of aromatic nitrogens is 2. The summed E-state index contributed by atoms with van der Waals surface area (Å²) in [5, 5.41) is 4.26. The fourth-order valence-corrected chi connectivity index (χ4v) is 1.94. The van der Waals surface area contributed by atoms with Crippen molar-refractivity contribution in [2.45, 2.75) is 13.3 Å². The Morgan fingerprint density at radius 1 is 1.22 bits per heavy atom. The molecule has 1 aromatic heterocycles. The molecular formula is C14H20N4. The normalized spacial score (nSPS) is 10.8. The molecule has 0 atom stereocenters. The number of likely N-dealkylation sites (N-methyl/N-ethyl adjacent to an activating group) is 1. The van der Waals surface area contributed by atoms with E-state index in [4.69, 9.17) is 0 Å². The van der Waals surface area contributed by atoms with E-state index in [1.165, 1.54) is 0 Å². The number of para-hydroxylation sites is 1. The lowest BCUT2D eigenvalue weighted by Crippen LogP contribution is -2.32. The van der Waals surface area contributed by atoms with E-state index in [-0.39, 0.29) is 0 Å². The zero-order valence-electron chi connectivity index (χ0n) is 11.1. The minimum Gasteiger partial charge on any atom is -0.340 e. The highest BCUT2D eigenvalue weighted by atomic mass is 15.2. The van der Waals surface area contributed by atoms with Crippen LogP contribution in [0, 0.1) is 0 Å². The van der Waals surface area contributed by atoms with Crippen LogP contribution in [0.2, 0.25) is 0 Å². The topological polar surface area (TPSA) is 41.0 Å². The zero-order chi connectivity index (χ0) is 12.8. The predicted octanol–water partition coefficient (Wildman–Crippen LogP) is 2.07. The molecule has 1 N–H and O–H groups in total. The summed E-state index contributed by atoms with van der Waals surface area (Å²) in [5.41, 5.74) is 1.01. The summed E-state index contributed by atoms with van der Waals surface area (Å²) in [7, 11) is 1.96. The van der Waals surface area contributed by atoms with Crippen molar-refractivity contribution in [1.82, 2.24) is 15.3 Å². The number of nitrogens with zero attached hydrogens (tertiary/aromatic N) is 3. The van der Waals surface area contributed by atoms with Crippen LogP contribution in [0.4, 0.5) is 5.95 Å². The van der Waals surface area contributed by atoms with Crippen molar-refractivity contribution in [3.63, 3.8) is 0 Å².